The van der Waals surface area contributed by atoms with Crippen molar-refractivity contribution in [2.45, 2.75) is 50.7 Å². The highest BCUT2D eigenvalue weighted by Gasteiger charge is 2.37. The number of nitrogens with one attached hydrogen (secondary N) is 1. The van der Waals surface area contributed by atoms with Gasteiger partial charge in [0, 0.05) is 38.8 Å². The van der Waals surface area contributed by atoms with Crippen molar-refractivity contribution < 1.29 is 0 Å². The summed E-state index contributed by atoms with van der Waals surface area (Å²) in [4.78, 5) is 26.2. The average molecular weight is 293 g/mol. The number of piperidine rings is 1. The van der Waals surface area contributed by atoms with Gasteiger partial charge in [-0.3, -0.25) is 9.36 Å². The van der Waals surface area contributed by atoms with Crippen LogP contribution in [0.3, 0.4) is 0 Å². The van der Waals surface area contributed by atoms with Crippen molar-refractivity contribution in [1.82, 2.24) is 19.7 Å². The molecule has 0 spiro atoms. The summed E-state index contributed by atoms with van der Waals surface area (Å²) in [6.45, 7) is 2.76. The van der Waals surface area contributed by atoms with E-state index in [1.807, 2.05) is 6.92 Å². The number of aryl methyl sites for hydroxylation is 1. The largest absolute Gasteiger partial charge is 0.348 e. The molecule has 116 valence electrons. The molecule has 0 aliphatic carbocycles. The summed E-state index contributed by atoms with van der Waals surface area (Å²) in [7, 11) is 3.10. The summed E-state index contributed by atoms with van der Waals surface area (Å²) >= 11 is 0. The smallest absolute Gasteiger partial charge is 0.346 e. The van der Waals surface area contributed by atoms with Crippen LogP contribution < -0.4 is 21.5 Å². The van der Waals surface area contributed by atoms with E-state index in [9.17, 15) is 9.59 Å². The van der Waals surface area contributed by atoms with Crippen molar-refractivity contribution in [3.8, 4) is 0 Å². The van der Waals surface area contributed by atoms with Gasteiger partial charge in [0.25, 0.3) is 5.56 Å². The Hall–Kier alpha value is -1.63. The molecule has 3 heterocycles. The van der Waals surface area contributed by atoms with Gasteiger partial charge in [-0.1, -0.05) is 0 Å². The van der Waals surface area contributed by atoms with Crippen molar-refractivity contribution in [2.24, 2.45) is 14.1 Å². The Labute approximate surface area is 123 Å². The fourth-order valence-electron chi connectivity index (χ4n) is 3.72. The molecule has 7 heteroatoms. The Morgan fingerprint density at radius 1 is 1.24 bits per heavy atom. The van der Waals surface area contributed by atoms with Crippen LogP contribution in [0.1, 0.15) is 32.6 Å². The van der Waals surface area contributed by atoms with Crippen LogP contribution in [0.25, 0.3) is 0 Å². The summed E-state index contributed by atoms with van der Waals surface area (Å²) in [5, 5.41) is 7.84. The van der Waals surface area contributed by atoms with Gasteiger partial charge >= 0.3 is 5.69 Å². The second-order valence-electron chi connectivity index (χ2n) is 6.14. The zero-order valence-electron chi connectivity index (χ0n) is 12.9. The molecular formula is C14H23N5O2. The minimum absolute atomic E-state index is 0.300. The highest BCUT2D eigenvalue weighted by atomic mass is 16.2. The van der Waals surface area contributed by atoms with Gasteiger partial charge in [0.15, 0.2) is 0 Å². The van der Waals surface area contributed by atoms with E-state index < -0.39 is 0 Å². The van der Waals surface area contributed by atoms with E-state index in [-0.39, 0.29) is 11.2 Å². The molecule has 2 bridgehead atoms. The molecule has 2 aliphatic rings. The van der Waals surface area contributed by atoms with E-state index in [0.29, 0.717) is 23.9 Å². The van der Waals surface area contributed by atoms with Gasteiger partial charge in [-0.15, -0.1) is 5.10 Å². The van der Waals surface area contributed by atoms with Crippen molar-refractivity contribution in [3.05, 3.63) is 20.8 Å². The van der Waals surface area contributed by atoms with Crippen LogP contribution in [-0.4, -0.2) is 39.0 Å². The summed E-state index contributed by atoms with van der Waals surface area (Å²) in [6.07, 6.45) is 4.52. The van der Waals surface area contributed by atoms with Crippen LogP contribution in [0, 0.1) is 0 Å². The Bertz CT molecular complexity index is 638. The first-order valence-corrected chi connectivity index (χ1v) is 7.68. The lowest BCUT2D eigenvalue weighted by molar-refractivity contribution is 0.345. The Morgan fingerprint density at radius 2 is 1.86 bits per heavy atom. The molecule has 0 radical (unpaired) electrons. The van der Waals surface area contributed by atoms with Crippen molar-refractivity contribution in [1.29, 1.82) is 0 Å². The summed E-state index contributed by atoms with van der Waals surface area (Å²) in [6, 6.07) is 1.44. The highest BCUT2D eigenvalue weighted by molar-refractivity contribution is 5.36. The van der Waals surface area contributed by atoms with E-state index in [2.05, 4.69) is 15.3 Å². The van der Waals surface area contributed by atoms with Crippen LogP contribution >= 0.6 is 0 Å². The standard InChI is InChI=1S/C14H23N5O2/c1-4-19(11-7-9-5-6-10(8-11)15-9)12-13(20)17(2)14(21)18(3)16-12/h9-11,15H,4-8H2,1-3H3. The predicted octanol–water partition coefficient (Wildman–Crippen LogP) is -0.412. The minimum atomic E-state index is -0.384. The van der Waals surface area contributed by atoms with Crippen molar-refractivity contribution >= 4 is 5.82 Å². The zero-order valence-corrected chi connectivity index (χ0v) is 12.9. The first-order valence-electron chi connectivity index (χ1n) is 7.68. The van der Waals surface area contributed by atoms with E-state index >= 15 is 0 Å². The van der Waals surface area contributed by atoms with Gasteiger partial charge in [0.2, 0.25) is 5.82 Å². The van der Waals surface area contributed by atoms with E-state index in [1.54, 1.807) is 7.05 Å². The van der Waals surface area contributed by atoms with E-state index in [0.717, 1.165) is 24.0 Å². The van der Waals surface area contributed by atoms with Crippen molar-refractivity contribution in [2.75, 3.05) is 11.4 Å². The second kappa shape index (κ2) is 5.29. The summed E-state index contributed by atoms with van der Waals surface area (Å²) in [5.74, 6) is 0.397. The summed E-state index contributed by atoms with van der Waals surface area (Å²) < 4.78 is 2.38. The fraction of sp³-hybridized carbons (Fsp3) is 0.786. The molecule has 2 atom stereocenters. The van der Waals surface area contributed by atoms with Gasteiger partial charge in [0.1, 0.15) is 0 Å². The van der Waals surface area contributed by atoms with Gasteiger partial charge in [-0.25, -0.2) is 9.48 Å². The molecule has 2 aliphatic heterocycles. The third-order valence-electron chi connectivity index (χ3n) is 4.81. The Kier molecular flexibility index (Phi) is 3.61. The zero-order chi connectivity index (χ0) is 15.1. The number of rotatable bonds is 3. The maximum atomic E-state index is 12.4. The maximum absolute atomic E-state index is 12.4. The number of hydrogen-bond acceptors (Lipinski definition) is 5. The second-order valence-corrected chi connectivity index (χ2v) is 6.14. The van der Waals surface area contributed by atoms with E-state index in [4.69, 9.17) is 0 Å². The van der Waals surface area contributed by atoms with Crippen LogP contribution in [0.2, 0.25) is 0 Å². The van der Waals surface area contributed by atoms with Gasteiger partial charge in [0.05, 0.1) is 0 Å². The van der Waals surface area contributed by atoms with Crippen LogP contribution in [-0.2, 0) is 14.1 Å². The third-order valence-corrected chi connectivity index (χ3v) is 4.81. The molecule has 0 saturated carbocycles. The first kappa shape index (κ1) is 14.3. The number of hydrogen-bond donors (Lipinski definition) is 1. The molecule has 1 aromatic rings. The molecule has 0 aromatic carbocycles. The Balaban J connectivity index is 1.97. The summed E-state index contributed by atoms with van der Waals surface area (Å²) in [5.41, 5.74) is -0.684. The van der Waals surface area contributed by atoms with Crippen molar-refractivity contribution in [3.63, 3.8) is 0 Å². The molecule has 1 aromatic heterocycles. The molecule has 2 fully saturated rings. The lowest BCUT2D eigenvalue weighted by atomic mass is 9.98. The highest BCUT2D eigenvalue weighted by Crippen LogP contribution is 2.30. The monoisotopic (exact) mass is 293 g/mol. The topological polar surface area (TPSA) is 72.2 Å². The Morgan fingerprint density at radius 3 is 2.43 bits per heavy atom. The molecule has 2 saturated heterocycles. The number of nitrogens with zero attached hydrogens (tertiary/aromatic N) is 4. The average Bonchev–Trinajstić information content (AvgIpc) is 2.81. The first-order chi connectivity index (χ1) is 10.0. The molecule has 1 N–H and O–H groups in total. The number of fused-ring (bicyclic) bond motifs is 2. The third kappa shape index (κ3) is 2.39. The molecule has 2 unspecified atom stereocenters. The normalized spacial score (nSPS) is 27.9. The maximum Gasteiger partial charge on any atom is 0.346 e. The molecular weight excluding hydrogens is 270 g/mol. The lowest BCUT2D eigenvalue weighted by Gasteiger charge is -2.37. The van der Waals surface area contributed by atoms with Gasteiger partial charge < -0.3 is 10.2 Å². The number of anilines is 1. The predicted molar refractivity (Wildman–Crippen MR) is 80.7 cm³/mol. The van der Waals surface area contributed by atoms with Crippen LogP contribution in [0.5, 0.6) is 0 Å². The molecule has 21 heavy (non-hydrogen) atoms. The fourth-order valence-corrected chi connectivity index (χ4v) is 3.72. The van der Waals surface area contributed by atoms with Crippen LogP contribution in [0.4, 0.5) is 5.82 Å². The van der Waals surface area contributed by atoms with Gasteiger partial charge in [-0.05, 0) is 32.6 Å². The SMILES string of the molecule is CCN(c1nn(C)c(=O)n(C)c1=O)C1CC2CCC(C1)N2. The molecule has 7 nitrogen and oxygen atoms in total. The van der Waals surface area contributed by atoms with Gasteiger partial charge in [-0.2, -0.15) is 0 Å². The minimum Gasteiger partial charge on any atom is -0.348 e. The molecule has 0 amide bonds. The molecule has 3 rings (SSSR count). The van der Waals surface area contributed by atoms with Crippen LogP contribution in [0.15, 0.2) is 9.59 Å². The van der Waals surface area contributed by atoms with E-state index in [1.165, 1.54) is 24.6 Å². The number of aromatic nitrogens is 3. The lowest BCUT2D eigenvalue weighted by Crippen LogP contribution is -2.51. The quantitative estimate of drug-likeness (QED) is 0.820.